The second-order valence-electron chi connectivity index (χ2n) is 12.3. The van der Waals surface area contributed by atoms with Crippen molar-refractivity contribution >= 4 is 41.0 Å². The minimum atomic E-state index is -0.374. The molecule has 0 bridgehead atoms. The van der Waals surface area contributed by atoms with E-state index in [1.54, 1.807) is 24.4 Å². The summed E-state index contributed by atoms with van der Waals surface area (Å²) in [6.45, 7) is 10.6. The Morgan fingerprint density at radius 1 is 1.17 bits per heavy atom. The zero-order valence-corrected chi connectivity index (χ0v) is 27.3. The van der Waals surface area contributed by atoms with Gasteiger partial charge in [0.15, 0.2) is 18.2 Å². The molecule has 1 unspecified atom stereocenters. The Bertz CT molecular complexity index is 1670. The Morgan fingerprint density at radius 2 is 2.00 bits per heavy atom. The van der Waals surface area contributed by atoms with Crippen molar-refractivity contribution in [1.29, 1.82) is 0 Å². The van der Waals surface area contributed by atoms with E-state index in [1.807, 2.05) is 23.1 Å². The zero-order valence-electron chi connectivity index (χ0n) is 26.5. The van der Waals surface area contributed by atoms with Gasteiger partial charge in [0.25, 0.3) is 5.91 Å². The number of aromatic nitrogens is 3. The minimum Gasteiger partial charge on any atom is -0.476 e. The number of hydrogen-bond donors (Lipinski definition) is 3. The first-order valence-electron chi connectivity index (χ1n) is 15.3. The average Bonchev–Trinajstić information content (AvgIpc) is 3.47. The Kier molecular flexibility index (Phi) is 9.34. The highest BCUT2D eigenvalue weighted by molar-refractivity contribution is 7.98. The molecule has 3 aromatic rings. The molecule has 0 saturated carbocycles. The summed E-state index contributed by atoms with van der Waals surface area (Å²) in [6, 6.07) is 8.62. The van der Waals surface area contributed by atoms with Crippen molar-refractivity contribution in [3.05, 3.63) is 66.0 Å². The van der Waals surface area contributed by atoms with Gasteiger partial charge in [0.05, 0.1) is 30.6 Å². The maximum Gasteiger partial charge on any atom is 0.324 e. The number of benzene rings is 1. The number of amides is 3. The normalized spacial score (nSPS) is 18.2. The van der Waals surface area contributed by atoms with Gasteiger partial charge in [-0.25, -0.2) is 14.5 Å². The first-order valence-corrected chi connectivity index (χ1v) is 16.5. The number of nitrogens with zero attached hydrogens (tertiary/aromatic N) is 4. The molecule has 2 aromatic heterocycles. The Morgan fingerprint density at radius 3 is 2.74 bits per heavy atom. The third kappa shape index (κ3) is 7.38. The molecule has 3 N–H and O–H groups in total. The molecule has 1 saturated heterocycles. The number of nitrogens with one attached hydrogen (secondary N) is 3. The number of ether oxygens (including phenoxy) is 3. The fourth-order valence-corrected chi connectivity index (χ4v) is 5.93. The second-order valence-corrected chi connectivity index (χ2v) is 13.2. The molecular formula is C33H39N7O5S. The maximum absolute atomic E-state index is 13.4. The van der Waals surface area contributed by atoms with Crippen molar-refractivity contribution in [1.82, 2.24) is 19.7 Å². The van der Waals surface area contributed by atoms with Crippen LogP contribution in [0.1, 0.15) is 38.9 Å². The molecule has 46 heavy (non-hydrogen) atoms. The van der Waals surface area contributed by atoms with Crippen LogP contribution in [0.4, 0.5) is 22.1 Å². The maximum atomic E-state index is 13.4. The van der Waals surface area contributed by atoms with Crippen LogP contribution in [0.15, 0.2) is 65.2 Å². The summed E-state index contributed by atoms with van der Waals surface area (Å²) in [7, 11) is 0. The first kappa shape index (κ1) is 31.6. The van der Waals surface area contributed by atoms with Crippen LogP contribution in [0.25, 0.3) is 0 Å². The Labute approximate surface area is 272 Å². The standard InChI is InChI=1S/C33H39N7O5S/c1-33(2,3)27-18-28(40(38-27)22-7-5-21(6-8-22)19-39-13-15-43-16-14-39)36-32(42)35-24-10-9-23(17-26(24)46-4)45-25-11-12-34-31-30(25)44-20-29(41)37-31/h5-7,9-12,17-18,22H,8,13-16,19-20H2,1-4H3,(H,34,37,41)(H2,35,36,42). The van der Waals surface area contributed by atoms with Crippen LogP contribution < -0.4 is 25.4 Å². The van der Waals surface area contributed by atoms with E-state index in [2.05, 4.69) is 64.8 Å². The number of thioether (sulfide) groups is 1. The second kappa shape index (κ2) is 13.6. The highest BCUT2D eigenvalue weighted by atomic mass is 32.2. The van der Waals surface area contributed by atoms with E-state index in [1.165, 1.54) is 17.3 Å². The molecule has 1 aliphatic carbocycles. The fourth-order valence-electron chi connectivity index (χ4n) is 5.36. The van der Waals surface area contributed by atoms with Gasteiger partial charge in [-0.05, 0) is 36.4 Å². The molecule has 1 atom stereocenters. The largest absolute Gasteiger partial charge is 0.476 e. The van der Waals surface area contributed by atoms with Crippen LogP contribution in [-0.2, 0) is 14.9 Å². The molecule has 1 fully saturated rings. The number of allylic oxidation sites excluding steroid dienone is 2. The van der Waals surface area contributed by atoms with Crippen LogP contribution in [0.5, 0.6) is 17.2 Å². The average molecular weight is 646 g/mol. The van der Waals surface area contributed by atoms with Crippen LogP contribution in [-0.4, -0.2) is 77.3 Å². The van der Waals surface area contributed by atoms with Crippen molar-refractivity contribution in [2.45, 2.75) is 43.5 Å². The lowest BCUT2D eigenvalue weighted by Crippen LogP contribution is -2.37. The van der Waals surface area contributed by atoms with Gasteiger partial charge in [-0.3, -0.25) is 15.0 Å². The molecule has 6 rings (SSSR count). The summed E-state index contributed by atoms with van der Waals surface area (Å²) < 4.78 is 19.0. The van der Waals surface area contributed by atoms with E-state index in [0.29, 0.717) is 34.6 Å². The third-order valence-electron chi connectivity index (χ3n) is 7.85. The zero-order chi connectivity index (χ0) is 32.3. The van der Waals surface area contributed by atoms with Gasteiger partial charge in [0.2, 0.25) is 5.75 Å². The number of carbonyl (C=O) groups is 2. The molecule has 4 heterocycles. The van der Waals surface area contributed by atoms with Gasteiger partial charge < -0.3 is 24.8 Å². The van der Waals surface area contributed by atoms with Gasteiger partial charge in [-0.2, -0.15) is 5.10 Å². The molecule has 3 amide bonds. The van der Waals surface area contributed by atoms with E-state index >= 15 is 0 Å². The summed E-state index contributed by atoms with van der Waals surface area (Å²) in [6.07, 6.45) is 10.9. The highest BCUT2D eigenvalue weighted by Crippen LogP contribution is 2.40. The van der Waals surface area contributed by atoms with Gasteiger partial charge in [-0.1, -0.05) is 39.0 Å². The van der Waals surface area contributed by atoms with Crippen LogP contribution in [0, 0.1) is 0 Å². The Balaban J connectivity index is 1.14. The van der Waals surface area contributed by atoms with E-state index in [0.717, 1.165) is 49.9 Å². The topological polar surface area (TPSA) is 132 Å². The fraction of sp³-hybridized carbons (Fsp3) is 0.394. The summed E-state index contributed by atoms with van der Waals surface area (Å²) >= 11 is 1.48. The van der Waals surface area contributed by atoms with Crippen molar-refractivity contribution in [3.63, 3.8) is 0 Å². The molecule has 2 aliphatic heterocycles. The molecule has 3 aliphatic rings. The molecule has 1 aromatic carbocycles. The summed E-state index contributed by atoms with van der Waals surface area (Å²) in [4.78, 5) is 32.4. The number of hydrogen-bond acceptors (Lipinski definition) is 9. The van der Waals surface area contributed by atoms with Gasteiger partial charge in [-0.15, -0.1) is 11.8 Å². The number of urea groups is 1. The minimum absolute atomic E-state index is 0.0192. The lowest BCUT2D eigenvalue weighted by atomic mass is 9.92. The number of anilines is 3. The highest BCUT2D eigenvalue weighted by Gasteiger charge is 2.25. The predicted octanol–water partition coefficient (Wildman–Crippen LogP) is 5.82. The van der Waals surface area contributed by atoms with Crippen molar-refractivity contribution in [3.8, 4) is 17.2 Å². The van der Waals surface area contributed by atoms with Crippen LogP contribution >= 0.6 is 11.8 Å². The number of pyridine rings is 1. The summed E-state index contributed by atoms with van der Waals surface area (Å²) in [5.41, 5.74) is 2.62. The van der Waals surface area contributed by atoms with E-state index in [-0.39, 0.29) is 30.0 Å². The number of fused-ring (bicyclic) bond motifs is 1. The lowest BCUT2D eigenvalue weighted by Gasteiger charge is -2.28. The molecule has 13 heteroatoms. The van der Waals surface area contributed by atoms with Crippen LogP contribution in [0.2, 0.25) is 0 Å². The SMILES string of the molecule is CSc1cc(Oc2ccnc3c2OCC(=O)N3)ccc1NC(=O)Nc1cc(C(C)(C)C)nn1C1C=CC(CN2CCOCC2)=CC1. The third-order valence-corrected chi connectivity index (χ3v) is 8.62. The van der Waals surface area contributed by atoms with E-state index < -0.39 is 0 Å². The molecule has 12 nitrogen and oxygen atoms in total. The lowest BCUT2D eigenvalue weighted by molar-refractivity contribution is -0.118. The number of rotatable bonds is 8. The molecule has 0 radical (unpaired) electrons. The molecule has 242 valence electrons. The van der Waals surface area contributed by atoms with Gasteiger partial charge in [0.1, 0.15) is 11.6 Å². The van der Waals surface area contributed by atoms with E-state index in [4.69, 9.17) is 19.3 Å². The monoisotopic (exact) mass is 645 g/mol. The predicted molar refractivity (Wildman–Crippen MR) is 178 cm³/mol. The molecular weight excluding hydrogens is 606 g/mol. The Hall–Kier alpha value is -4.33. The van der Waals surface area contributed by atoms with Crippen LogP contribution in [0.3, 0.4) is 0 Å². The number of morpholine rings is 1. The summed E-state index contributed by atoms with van der Waals surface area (Å²) in [5.74, 6) is 2.02. The smallest absolute Gasteiger partial charge is 0.324 e. The van der Waals surface area contributed by atoms with Crippen molar-refractivity contribution in [2.24, 2.45) is 0 Å². The van der Waals surface area contributed by atoms with Gasteiger partial charge >= 0.3 is 6.03 Å². The number of carbonyl (C=O) groups excluding carboxylic acids is 2. The quantitative estimate of drug-likeness (QED) is 0.259. The first-order chi connectivity index (χ1) is 22.2. The van der Waals surface area contributed by atoms with Gasteiger partial charge in [0, 0.05) is 48.3 Å². The van der Waals surface area contributed by atoms with E-state index in [9.17, 15) is 9.59 Å². The van der Waals surface area contributed by atoms with Crippen molar-refractivity contribution < 1.29 is 23.8 Å². The van der Waals surface area contributed by atoms with Crippen molar-refractivity contribution in [2.75, 3.05) is 61.7 Å². The summed E-state index contributed by atoms with van der Waals surface area (Å²) in [5, 5.41) is 13.6. The molecule has 0 spiro atoms.